The van der Waals surface area contributed by atoms with Crippen LogP contribution in [0.3, 0.4) is 0 Å². The highest BCUT2D eigenvalue weighted by atomic mass is 127. The zero-order valence-corrected chi connectivity index (χ0v) is 15.2. The minimum Gasteiger partial charge on any atom is -0.487 e. The van der Waals surface area contributed by atoms with E-state index in [-0.39, 0.29) is 5.97 Å². The van der Waals surface area contributed by atoms with E-state index in [1.54, 1.807) is 33.3 Å². The van der Waals surface area contributed by atoms with Crippen molar-refractivity contribution in [2.24, 2.45) is 0 Å². The van der Waals surface area contributed by atoms with Gasteiger partial charge in [-0.25, -0.2) is 4.79 Å². The summed E-state index contributed by atoms with van der Waals surface area (Å²) in [6.45, 7) is 3.75. The van der Waals surface area contributed by atoms with Gasteiger partial charge in [-0.15, -0.1) is 0 Å². The third-order valence-corrected chi connectivity index (χ3v) is 3.51. The summed E-state index contributed by atoms with van der Waals surface area (Å²) >= 11 is 2.07. The number of esters is 1. The van der Waals surface area contributed by atoms with Gasteiger partial charge in [0.2, 0.25) is 0 Å². The average molecular weight is 424 g/mol. The topological polar surface area (TPSA) is 63.2 Å². The predicted molar refractivity (Wildman–Crippen MR) is 89.9 cm³/mol. The van der Waals surface area contributed by atoms with Gasteiger partial charge in [0.25, 0.3) is 0 Å². The summed E-state index contributed by atoms with van der Waals surface area (Å²) in [6, 6.07) is 3.39. The smallest absolute Gasteiger partial charge is 0.339 e. The first kappa shape index (κ1) is 19.0. The minimum absolute atomic E-state index is 0.320. The molecule has 0 atom stereocenters. The molecule has 7 heteroatoms. The largest absolute Gasteiger partial charge is 0.487 e. The maximum Gasteiger partial charge on any atom is 0.339 e. The first-order chi connectivity index (χ1) is 10.6. The van der Waals surface area contributed by atoms with Crippen molar-refractivity contribution in [2.45, 2.75) is 6.92 Å². The minimum atomic E-state index is -0.382. The molecule has 1 rings (SSSR count). The maximum absolute atomic E-state index is 12.0. The number of methoxy groups -OCH3 is 2. The van der Waals surface area contributed by atoms with Crippen molar-refractivity contribution < 1.29 is 28.5 Å². The Hall–Kier alpha value is -1.06. The van der Waals surface area contributed by atoms with E-state index in [9.17, 15) is 4.79 Å². The van der Waals surface area contributed by atoms with E-state index in [2.05, 4.69) is 22.6 Å². The second-order valence-corrected chi connectivity index (χ2v) is 5.34. The molecular formula is C15H21IO6. The summed E-state index contributed by atoms with van der Waals surface area (Å²) in [5, 5.41) is 0. The number of hydrogen-bond acceptors (Lipinski definition) is 6. The third-order valence-electron chi connectivity index (χ3n) is 2.62. The molecule has 6 nitrogen and oxygen atoms in total. The molecule has 0 saturated carbocycles. The van der Waals surface area contributed by atoms with Crippen molar-refractivity contribution in [3.63, 3.8) is 0 Å². The van der Waals surface area contributed by atoms with Crippen LogP contribution in [-0.2, 0) is 14.2 Å². The number of carbonyl (C=O) groups excluding carboxylic acids is 1. The van der Waals surface area contributed by atoms with Crippen LogP contribution in [0, 0.1) is 3.57 Å². The third kappa shape index (κ3) is 5.98. The van der Waals surface area contributed by atoms with Gasteiger partial charge in [-0.2, -0.15) is 0 Å². The lowest BCUT2D eigenvalue weighted by molar-refractivity contribution is 0.0524. The molecule has 0 aliphatic heterocycles. The second kappa shape index (κ2) is 10.6. The normalized spacial score (nSPS) is 10.4. The molecular weight excluding hydrogens is 403 g/mol. The van der Waals surface area contributed by atoms with Crippen molar-refractivity contribution in [2.75, 3.05) is 47.3 Å². The van der Waals surface area contributed by atoms with Crippen LogP contribution < -0.4 is 9.47 Å². The lowest BCUT2D eigenvalue weighted by atomic mass is 10.2. The van der Waals surface area contributed by atoms with E-state index < -0.39 is 0 Å². The zero-order chi connectivity index (χ0) is 16.4. The van der Waals surface area contributed by atoms with E-state index in [1.165, 1.54) is 0 Å². The van der Waals surface area contributed by atoms with Crippen LogP contribution in [0.4, 0.5) is 0 Å². The van der Waals surface area contributed by atoms with Gasteiger partial charge in [0.05, 0.1) is 25.4 Å². The number of halogens is 1. The lowest BCUT2D eigenvalue weighted by Crippen LogP contribution is -2.11. The van der Waals surface area contributed by atoms with Gasteiger partial charge in [-0.1, -0.05) is 0 Å². The highest BCUT2D eigenvalue weighted by molar-refractivity contribution is 14.1. The van der Waals surface area contributed by atoms with Gasteiger partial charge in [-0.3, -0.25) is 0 Å². The molecule has 0 aliphatic rings. The Morgan fingerprint density at radius 2 is 1.55 bits per heavy atom. The molecule has 22 heavy (non-hydrogen) atoms. The van der Waals surface area contributed by atoms with Crippen molar-refractivity contribution >= 4 is 28.6 Å². The van der Waals surface area contributed by atoms with Crippen LogP contribution in [0.15, 0.2) is 12.1 Å². The number of rotatable bonds is 10. The molecule has 0 radical (unpaired) electrons. The summed E-state index contributed by atoms with van der Waals surface area (Å²) in [6.07, 6.45) is 0. The number of benzene rings is 1. The van der Waals surface area contributed by atoms with E-state index in [1.807, 2.05) is 0 Å². The first-order valence-corrected chi connectivity index (χ1v) is 7.96. The van der Waals surface area contributed by atoms with E-state index in [0.717, 1.165) is 3.57 Å². The highest BCUT2D eigenvalue weighted by Gasteiger charge is 2.17. The summed E-state index contributed by atoms with van der Waals surface area (Å²) in [5.41, 5.74) is 0.453. The Labute approximate surface area is 144 Å². The first-order valence-electron chi connectivity index (χ1n) is 6.88. The van der Waals surface area contributed by atoms with Crippen LogP contribution in [0.5, 0.6) is 11.5 Å². The summed E-state index contributed by atoms with van der Waals surface area (Å²) in [7, 11) is 3.20. The van der Waals surface area contributed by atoms with E-state index >= 15 is 0 Å². The average Bonchev–Trinajstić information content (AvgIpc) is 2.49. The Bertz CT molecular complexity index is 477. The molecule has 1 aromatic carbocycles. The molecule has 0 fully saturated rings. The fraction of sp³-hybridized carbons (Fsp3) is 0.533. The van der Waals surface area contributed by atoms with Gasteiger partial charge < -0.3 is 23.7 Å². The predicted octanol–water partition coefficient (Wildman–Crippen LogP) is 2.52. The molecule has 0 saturated heterocycles. The molecule has 0 N–H and O–H groups in total. The van der Waals surface area contributed by atoms with Crippen molar-refractivity contribution in [3.05, 3.63) is 21.3 Å². The van der Waals surface area contributed by atoms with Gasteiger partial charge in [-0.05, 0) is 41.6 Å². The lowest BCUT2D eigenvalue weighted by Gasteiger charge is -2.15. The molecule has 0 unspecified atom stereocenters. The molecule has 0 aliphatic carbocycles. The second-order valence-electron chi connectivity index (χ2n) is 4.18. The number of ether oxygens (including phenoxy) is 5. The molecule has 0 amide bonds. The summed E-state index contributed by atoms with van der Waals surface area (Å²) in [5.74, 6) is 0.661. The quantitative estimate of drug-likeness (QED) is 0.327. The SMILES string of the molecule is CCOC(=O)c1cc(OCCOC)c(OCCOC)cc1I. The van der Waals surface area contributed by atoms with Gasteiger partial charge in [0, 0.05) is 17.8 Å². The van der Waals surface area contributed by atoms with Crippen LogP contribution >= 0.6 is 22.6 Å². The molecule has 1 aromatic rings. The Morgan fingerprint density at radius 3 is 2.05 bits per heavy atom. The molecule has 0 bridgehead atoms. The van der Waals surface area contributed by atoms with Crippen molar-refractivity contribution in [1.82, 2.24) is 0 Å². The standard InChI is InChI=1S/C15H21IO6/c1-4-20-15(17)11-9-13(21-7-5-18-2)14(10-12(11)16)22-8-6-19-3/h9-10H,4-8H2,1-3H3. The molecule has 0 aromatic heterocycles. The molecule has 0 heterocycles. The number of hydrogen-bond donors (Lipinski definition) is 0. The van der Waals surface area contributed by atoms with E-state index in [4.69, 9.17) is 23.7 Å². The summed E-state index contributed by atoms with van der Waals surface area (Å²) in [4.78, 5) is 12.0. The van der Waals surface area contributed by atoms with Crippen LogP contribution in [0.2, 0.25) is 0 Å². The summed E-state index contributed by atoms with van der Waals surface area (Å²) < 4.78 is 27.0. The molecule has 124 valence electrons. The maximum atomic E-state index is 12.0. The van der Waals surface area contributed by atoms with Crippen LogP contribution in [0.1, 0.15) is 17.3 Å². The Kier molecular flexibility index (Phi) is 9.17. The Balaban J connectivity index is 2.97. The zero-order valence-electron chi connectivity index (χ0n) is 13.0. The van der Waals surface area contributed by atoms with Crippen molar-refractivity contribution in [1.29, 1.82) is 0 Å². The van der Waals surface area contributed by atoms with E-state index in [0.29, 0.717) is 50.1 Å². The van der Waals surface area contributed by atoms with Gasteiger partial charge in [0.15, 0.2) is 11.5 Å². The Morgan fingerprint density at radius 1 is 1.00 bits per heavy atom. The number of carbonyl (C=O) groups is 1. The van der Waals surface area contributed by atoms with Crippen LogP contribution in [-0.4, -0.2) is 53.2 Å². The van der Waals surface area contributed by atoms with Crippen LogP contribution in [0.25, 0.3) is 0 Å². The fourth-order valence-electron chi connectivity index (χ4n) is 1.60. The highest BCUT2D eigenvalue weighted by Crippen LogP contribution is 2.32. The van der Waals surface area contributed by atoms with Gasteiger partial charge in [0.1, 0.15) is 13.2 Å². The fourth-order valence-corrected chi connectivity index (χ4v) is 2.25. The van der Waals surface area contributed by atoms with Crippen molar-refractivity contribution in [3.8, 4) is 11.5 Å². The monoisotopic (exact) mass is 424 g/mol. The van der Waals surface area contributed by atoms with Gasteiger partial charge >= 0.3 is 5.97 Å². The molecule has 0 spiro atoms.